The van der Waals surface area contributed by atoms with E-state index < -0.39 is 56.8 Å². The Morgan fingerprint density at radius 1 is 0.985 bits per heavy atom. The van der Waals surface area contributed by atoms with Gasteiger partial charge in [0.2, 0.25) is 0 Å². The molecule has 2 aromatic heterocycles. The molecule has 1 atom stereocenters. The van der Waals surface area contributed by atoms with Crippen LogP contribution >= 0.6 is 11.6 Å². The summed E-state index contributed by atoms with van der Waals surface area (Å²) in [4.78, 5) is 24.0. The fourth-order valence-electron chi connectivity index (χ4n) is 8.58. The van der Waals surface area contributed by atoms with E-state index in [1.807, 2.05) is 16.9 Å². The number of benzene rings is 3. The number of carbonyl (C=O) groups is 1. The molecule has 1 aliphatic carbocycles. The Morgan fingerprint density at radius 2 is 1.72 bits per heavy atom. The van der Waals surface area contributed by atoms with E-state index in [4.69, 9.17) is 21.1 Å². The quantitative estimate of drug-likeness (QED) is 0.111. The standard InChI is InChI=1S/C46H50AsClF3N5O7S2/c1-45(2)15-11-33(39(26-45)31-3-5-34(48)6-4-31)29-55-17-19-56(20-18-55)35-7-9-38(41(24-35)63-36-23-32-12-16-52-43(32)53-28-36)44(57)54-65(60,61)37-8-10-40(47-27-30-13-21-62-22-14-30)42(25-37)64(58,59)46(49,50)51/h3-10,12,16,23-25,28,30,47H,11,13-15,17-22,26-27,29H2,1-2H3,(H,52,53)(H,54,57). The summed E-state index contributed by atoms with van der Waals surface area (Å²) < 4.78 is 109. The number of aromatic nitrogens is 2. The molecule has 0 saturated carbocycles. The van der Waals surface area contributed by atoms with Gasteiger partial charge in [-0.05, 0) is 54.0 Å². The van der Waals surface area contributed by atoms with Gasteiger partial charge >= 0.3 is 224 Å². The van der Waals surface area contributed by atoms with Gasteiger partial charge in [0, 0.05) is 49.3 Å². The summed E-state index contributed by atoms with van der Waals surface area (Å²) in [5.41, 5.74) is -0.359. The number of amides is 1. The number of halogens is 4. The number of anilines is 1. The molecule has 3 aliphatic rings. The Morgan fingerprint density at radius 3 is 2.45 bits per heavy atom. The van der Waals surface area contributed by atoms with Crippen LogP contribution in [0.2, 0.25) is 10.2 Å². The average molecular weight is 1020 g/mol. The summed E-state index contributed by atoms with van der Waals surface area (Å²) in [5.74, 6) is -0.706. The van der Waals surface area contributed by atoms with Crippen molar-refractivity contribution in [1.29, 1.82) is 0 Å². The zero-order valence-electron chi connectivity index (χ0n) is 35.9. The van der Waals surface area contributed by atoms with Crippen molar-refractivity contribution in [3.63, 3.8) is 0 Å². The third kappa shape index (κ3) is 10.9. The molecule has 0 radical (unpaired) electrons. The van der Waals surface area contributed by atoms with Crippen LogP contribution in [0.4, 0.5) is 18.9 Å². The summed E-state index contributed by atoms with van der Waals surface area (Å²) in [6, 6.07) is 19.0. The topological polar surface area (TPSA) is 151 Å². The molecule has 2 fully saturated rings. The van der Waals surface area contributed by atoms with Crippen LogP contribution in [-0.2, 0) is 24.6 Å². The number of alkyl halides is 3. The van der Waals surface area contributed by atoms with Crippen LogP contribution in [0.25, 0.3) is 16.6 Å². The second kappa shape index (κ2) is 19.1. The molecule has 12 nitrogen and oxygen atoms in total. The first-order chi connectivity index (χ1) is 30.8. The predicted octanol–water partition coefficient (Wildman–Crippen LogP) is 8.11. The van der Waals surface area contributed by atoms with Gasteiger partial charge in [0.25, 0.3) is 0 Å². The van der Waals surface area contributed by atoms with E-state index in [1.165, 1.54) is 29.0 Å². The third-order valence-corrected chi connectivity index (χ3v) is 19.2. The van der Waals surface area contributed by atoms with Crippen molar-refractivity contribution >= 4 is 79.8 Å². The van der Waals surface area contributed by atoms with Crippen molar-refractivity contribution in [2.75, 3.05) is 50.8 Å². The second-order valence-corrected chi connectivity index (χ2v) is 24.3. The van der Waals surface area contributed by atoms with Crippen LogP contribution in [0.3, 0.4) is 0 Å². The summed E-state index contributed by atoms with van der Waals surface area (Å²) >= 11 is 4.80. The van der Waals surface area contributed by atoms with E-state index >= 15 is 0 Å². The van der Waals surface area contributed by atoms with Gasteiger partial charge in [-0.2, -0.15) is 0 Å². The van der Waals surface area contributed by atoms with Crippen LogP contribution in [0, 0.1) is 11.3 Å². The van der Waals surface area contributed by atoms with Gasteiger partial charge in [-0.1, -0.05) is 43.2 Å². The van der Waals surface area contributed by atoms with Crippen molar-refractivity contribution < 1.29 is 44.3 Å². The minimum absolute atomic E-state index is 0.00564. The number of nitrogens with one attached hydrogen (secondary N) is 2. The summed E-state index contributed by atoms with van der Waals surface area (Å²) in [6.45, 7) is 9.30. The Labute approximate surface area is 388 Å². The second-order valence-electron chi connectivity index (χ2n) is 17.5. The number of pyridine rings is 1. The number of aromatic amines is 1. The van der Waals surface area contributed by atoms with Gasteiger partial charge < -0.3 is 4.98 Å². The summed E-state index contributed by atoms with van der Waals surface area (Å²) in [5, 5.41) is 1.94. The monoisotopic (exact) mass is 1020 g/mol. The maximum Gasteiger partial charge on any atom is 0.0406 e. The molecule has 2 N–H and O–H groups in total. The number of ether oxygens (including phenoxy) is 2. The largest absolute Gasteiger partial charge is 0.0843 e. The maximum absolute atomic E-state index is 14.0. The molecule has 65 heavy (non-hydrogen) atoms. The first-order valence-corrected chi connectivity index (χ1v) is 27.3. The average Bonchev–Trinajstić information content (AvgIpc) is 3.75. The maximum atomic E-state index is 14.0. The van der Waals surface area contributed by atoms with Gasteiger partial charge in [-0.25, -0.2) is 4.98 Å². The van der Waals surface area contributed by atoms with Crippen LogP contribution < -0.4 is 18.7 Å². The van der Waals surface area contributed by atoms with Gasteiger partial charge in [-0.3, -0.25) is 4.90 Å². The van der Waals surface area contributed by atoms with Gasteiger partial charge in [0.1, 0.15) is 5.65 Å². The molecule has 3 aromatic carbocycles. The van der Waals surface area contributed by atoms with Gasteiger partial charge in [0.05, 0.1) is 0 Å². The van der Waals surface area contributed by atoms with Crippen molar-refractivity contribution in [2.24, 2.45) is 11.3 Å². The zero-order chi connectivity index (χ0) is 46.1. The molecule has 1 unspecified atom stereocenters. The smallest absolute Gasteiger partial charge is 0.0406 e. The first-order valence-electron chi connectivity index (χ1n) is 21.4. The molecule has 2 saturated heterocycles. The molecule has 2 aliphatic heterocycles. The first kappa shape index (κ1) is 47.1. The Bertz CT molecular complexity index is 2830. The molecule has 0 spiro atoms. The van der Waals surface area contributed by atoms with Crippen LogP contribution in [-0.4, -0.2) is 105 Å². The molecule has 8 rings (SSSR count). The number of sulfonamides is 1. The molecule has 5 aromatic rings. The number of hydrogen-bond acceptors (Lipinski definition) is 10. The number of H-pyrrole nitrogens is 1. The predicted molar refractivity (Wildman–Crippen MR) is 247 cm³/mol. The Kier molecular flexibility index (Phi) is 13.8. The number of fused-ring (bicyclic) bond motifs is 1. The number of nitrogens with zero attached hydrogens (tertiary/aromatic N) is 3. The molecule has 4 heterocycles. The molecular weight excluding hydrogens is 966 g/mol. The Balaban J connectivity index is 1.03. The summed E-state index contributed by atoms with van der Waals surface area (Å²) in [6.07, 6.45) is 7.65. The van der Waals surface area contributed by atoms with Crippen LogP contribution in [0.5, 0.6) is 11.5 Å². The molecule has 0 bridgehead atoms. The van der Waals surface area contributed by atoms with Gasteiger partial charge in [-0.15, -0.1) is 0 Å². The van der Waals surface area contributed by atoms with Crippen molar-refractivity contribution in [3.05, 3.63) is 107 Å². The van der Waals surface area contributed by atoms with Gasteiger partial charge in [0.15, 0.2) is 0 Å². The molecule has 1 amide bonds. The van der Waals surface area contributed by atoms with E-state index in [9.17, 15) is 34.8 Å². The fourth-order valence-corrected chi connectivity index (χ4v) is 14.7. The normalized spacial score (nSPS) is 18.2. The third-order valence-electron chi connectivity index (χ3n) is 12.3. The summed E-state index contributed by atoms with van der Waals surface area (Å²) in [7, 11) is -10.8. The van der Waals surface area contributed by atoms with E-state index in [0.717, 1.165) is 62.1 Å². The number of piperazine rings is 1. The Hall–Kier alpha value is -4.38. The van der Waals surface area contributed by atoms with Crippen LogP contribution in [0.15, 0.2) is 101 Å². The number of rotatable bonds is 13. The molecule has 346 valence electrons. The minimum Gasteiger partial charge on any atom is -0.0843 e. The van der Waals surface area contributed by atoms with E-state index in [2.05, 4.69) is 45.7 Å². The fraction of sp³-hybridized carbons (Fsp3) is 0.391. The SMILES string of the molecule is CC1(C)CCC(CN2CCN(c3ccc(C(=O)NS(=O)(=O)c4ccc([AsH]CC5CCOCC5)c(S(=O)(=O)C(F)(F)F)c4)c(Oc4cnc5[nH]ccc5c4)c3)CC2)=C(c2ccc(Cl)cc2)C1. The number of allylic oxidation sites excluding steroid dienone is 1. The number of sulfone groups is 1. The van der Waals surface area contributed by atoms with Crippen molar-refractivity contribution in [3.8, 4) is 11.5 Å². The number of carbonyl (C=O) groups excluding carboxylic acids is 1. The van der Waals surface area contributed by atoms with Crippen molar-refractivity contribution in [1.82, 2.24) is 19.6 Å². The van der Waals surface area contributed by atoms with E-state index in [0.29, 0.717) is 61.1 Å². The van der Waals surface area contributed by atoms with E-state index in [1.54, 1.807) is 30.5 Å². The molecule has 19 heteroatoms. The number of hydrogen-bond donors (Lipinski definition) is 2. The zero-order valence-corrected chi connectivity index (χ0v) is 40.4. The van der Waals surface area contributed by atoms with Crippen LogP contribution in [0.1, 0.15) is 61.9 Å². The van der Waals surface area contributed by atoms with E-state index in [-0.39, 0.29) is 32.7 Å². The van der Waals surface area contributed by atoms with Crippen molar-refractivity contribution in [2.45, 2.75) is 66.5 Å². The minimum atomic E-state index is -5.94. The molecular formula is C46H50AsClF3N5O7S2.